The van der Waals surface area contributed by atoms with Gasteiger partial charge in [-0.05, 0) is 98.7 Å². The van der Waals surface area contributed by atoms with E-state index in [4.69, 9.17) is 0 Å². The van der Waals surface area contributed by atoms with Gasteiger partial charge in [-0.1, -0.05) is 629 Å². The van der Waals surface area contributed by atoms with E-state index in [0.717, 1.165) is 0 Å². The SMILES string of the molecule is CC.CC.CC.CC.CC.CC.CC.Cc1ccccc1.Cc1ccccc1.Cc1ccccc1.c1ccc(-c2ccccc2)cc1.c1ccc(-c2ccccc2)cc1.c1ccc(-c2ccccc2)cc1.c1ccc(-c2ccccc2)cc1.c1ccc(-c2ccccc2)cc1.c1ccc(-c2ccccc2)cc1.c1ccc(-c2ccccc2)cc1. The van der Waals surface area contributed by atoms with Crippen molar-refractivity contribution in [3.8, 4) is 77.9 Å². The summed E-state index contributed by atoms with van der Waals surface area (Å²) in [7, 11) is 0. The van der Waals surface area contributed by atoms with Crippen molar-refractivity contribution >= 4 is 0 Å². The Labute approximate surface area is 723 Å². The molecule has 17 aromatic carbocycles. The van der Waals surface area contributed by atoms with Gasteiger partial charge in [0, 0.05) is 0 Å². The number of aryl methyl sites for hydroxylation is 3. The van der Waals surface area contributed by atoms with Crippen LogP contribution in [-0.4, -0.2) is 0 Å². The zero-order valence-electron chi connectivity index (χ0n) is 74.6. The fourth-order valence-corrected chi connectivity index (χ4v) is 10.4. The van der Waals surface area contributed by atoms with Crippen molar-refractivity contribution < 1.29 is 0 Å². The van der Waals surface area contributed by atoms with Crippen LogP contribution in [0.5, 0.6) is 0 Å². The van der Waals surface area contributed by atoms with Crippen LogP contribution < -0.4 is 0 Å². The van der Waals surface area contributed by atoms with Crippen LogP contribution in [0.15, 0.2) is 516 Å². The van der Waals surface area contributed by atoms with Gasteiger partial charge >= 0.3 is 0 Å². The van der Waals surface area contributed by atoms with E-state index in [9.17, 15) is 0 Å². The van der Waals surface area contributed by atoms with Gasteiger partial charge in [0.25, 0.3) is 0 Å². The Morgan fingerprint density at radius 1 is 0.0756 bits per heavy atom. The van der Waals surface area contributed by atoms with Gasteiger partial charge in [0.2, 0.25) is 0 Å². The Bertz CT molecular complexity index is 3730. The van der Waals surface area contributed by atoms with E-state index < -0.39 is 0 Å². The Hall–Kier alpha value is -13.3. The quantitative estimate of drug-likeness (QED) is 0.149. The first kappa shape index (κ1) is 104. The van der Waals surface area contributed by atoms with Gasteiger partial charge in [0.05, 0.1) is 0 Å². The Morgan fingerprint density at radius 3 is 0.168 bits per heavy atom. The molecule has 0 spiro atoms. The molecule has 0 amide bonds. The van der Waals surface area contributed by atoms with Crippen LogP contribution in [-0.2, 0) is 0 Å². The summed E-state index contributed by atoms with van der Waals surface area (Å²) >= 11 is 0. The summed E-state index contributed by atoms with van der Waals surface area (Å²) < 4.78 is 0. The van der Waals surface area contributed by atoms with Crippen LogP contribution in [0.25, 0.3) is 77.9 Å². The van der Waals surface area contributed by atoms with Crippen LogP contribution in [0, 0.1) is 20.8 Å². The molecule has 0 saturated heterocycles. The second-order valence-corrected chi connectivity index (χ2v) is 24.1. The van der Waals surface area contributed by atoms with Gasteiger partial charge in [0.1, 0.15) is 0 Å². The molecule has 119 heavy (non-hydrogen) atoms. The van der Waals surface area contributed by atoms with E-state index in [-0.39, 0.29) is 0 Å². The average molecular weight is 1570 g/mol. The molecule has 0 nitrogen and oxygen atoms in total. The lowest BCUT2D eigenvalue weighted by Gasteiger charge is -1.98. The summed E-state index contributed by atoms with van der Waals surface area (Å²) in [6.45, 7) is 34.2. The van der Waals surface area contributed by atoms with Gasteiger partial charge in [0.15, 0.2) is 0 Å². The largest absolute Gasteiger partial charge is 0.0683 e. The highest BCUT2D eigenvalue weighted by molar-refractivity contribution is 5.67. The van der Waals surface area contributed by atoms with Crippen LogP contribution >= 0.6 is 0 Å². The summed E-state index contributed by atoms with van der Waals surface area (Å²) in [6.07, 6.45) is 0. The summed E-state index contributed by atoms with van der Waals surface area (Å²) in [5.41, 5.74) is 21.8. The number of hydrogen-bond acceptors (Lipinski definition) is 0. The van der Waals surface area contributed by atoms with E-state index in [1.807, 2.05) is 236 Å². The molecular weight excluding hydrogens is 1430 g/mol. The predicted molar refractivity (Wildman–Crippen MR) is 536 cm³/mol. The fraction of sp³-hybridized carbons (Fsp3) is 0.143. The molecule has 0 unspecified atom stereocenters. The second-order valence-electron chi connectivity index (χ2n) is 24.1. The first-order chi connectivity index (χ1) is 58.9. The molecule has 0 heterocycles. The van der Waals surface area contributed by atoms with Crippen molar-refractivity contribution in [1.82, 2.24) is 0 Å². The lowest BCUT2D eigenvalue weighted by Crippen LogP contribution is -1.73. The van der Waals surface area contributed by atoms with E-state index in [1.54, 1.807) is 0 Å². The molecule has 612 valence electrons. The maximum Gasteiger partial charge on any atom is -0.0184 e. The molecule has 0 atom stereocenters. The molecule has 0 saturated carbocycles. The second kappa shape index (κ2) is 74.8. The molecule has 0 heteroatoms. The molecule has 0 radical (unpaired) electrons. The minimum absolute atomic E-state index is 1.28. The van der Waals surface area contributed by atoms with Crippen molar-refractivity contribution in [2.45, 2.75) is 118 Å². The summed E-state index contributed by atoms with van der Waals surface area (Å²) in [5, 5.41) is 0. The van der Waals surface area contributed by atoms with Crippen molar-refractivity contribution in [2.24, 2.45) is 0 Å². The Balaban J connectivity index is 0.000000653. The third-order valence-corrected chi connectivity index (χ3v) is 16.0. The molecule has 0 aliphatic rings. The van der Waals surface area contributed by atoms with E-state index in [2.05, 4.69) is 397 Å². The molecule has 0 N–H and O–H groups in total. The minimum Gasteiger partial charge on any atom is -0.0683 e. The Morgan fingerprint density at radius 2 is 0.126 bits per heavy atom. The number of hydrogen-bond donors (Lipinski definition) is 0. The standard InChI is InChI=1S/7C12H10.3C7H8.7C2H6/c7*1-3-7-11(8-4-1)12-9-5-2-6-10-12;3*1-7-5-3-2-4-6-7;7*1-2/h7*1-10H;3*2-6H,1H3;7*1-2H3. The fourth-order valence-electron chi connectivity index (χ4n) is 10.4. The molecule has 17 aromatic rings. The highest BCUT2D eigenvalue weighted by Gasteiger charge is 1.98. The third-order valence-electron chi connectivity index (χ3n) is 16.0. The molecule has 0 bridgehead atoms. The molecule has 0 aliphatic heterocycles. The predicted octanol–water partition coefficient (Wildman–Crippen LogP) is 36.6. The first-order valence-electron chi connectivity index (χ1n) is 42.7. The maximum atomic E-state index is 2.12. The highest BCUT2D eigenvalue weighted by atomic mass is 14.0. The van der Waals surface area contributed by atoms with Crippen molar-refractivity contribution in [3.05, 3.63) is 532 Å². The minimum atomic E-state index is 1.28. The molecule has 0 aromatic heterocycles. The Kier molecular flexibility index (Phi) is 65.2. The zero-order valence-corrected chi connectivity index (χ0v) is 74.6. The van der Waals surface area contributed by atoms with Gasteiger partial charge in [-0.25, -0.2) is 0 Å². The average Bonchev–Trinajstić information content (AvgIpc) is 0.925. The van der Waals surface area contributed by atoms with Gasteiger partial charge < -0.3 is 0 Å². The van der Waals surface area contributed by atoms with Crippen molar-refractivity contribution in [2.75, 3.05) is 0 Å². The van der Waals surface area contributed by atoms with Crippen LogP contribution in [0.3, 0.4) is 0 Å². The monoisotopic (exact) mass is 1570 g/mol. The number of benzene rings is 17. The summed E-state index contributed by atoms with van der Waals surface area (Å²) in [4.78, 5) is 0. The molecule has 0 aliphatic carbocycles. The van der Waals surface area contributed by atoms with E-state index in [1.165, 1.54) is 94.6 Å². The third kappa shape index (κ3) is 48.7. The van der Waals surface area contributed by atoms with Crippen molar-refractivity contribution in [1.29, 1.82) is 0 Å². The molecule has 0 fully saturated rings. The van der Waals surface area contributed by atoms with Crippen molar-refractivity contribution in [3.63, 3.8) is 0 Å². The normalized spacial score (nSPS) is 8.71. The van der Waals surface area contributed by atoms with Crippen LogP contribution in [0.2, 0.25) is 0 Å². The number of rotatable bonds is 7. The molecule has 17 rings (SSSR count). The van der Waals surface area contributed by atoms with Crippen LogP contribution in [0.1, 0.15) is 114 Å². The molecular formula is C119H136. The topological polar surface area (TPSA) is 0 Å². The van der Waals surface area contributed by atoms with Gasteiger partial charge in [-0.15, -0.1) is 0 Å². The smallest absolute Gasteiger partial charge is 0.0184 e. The van der Waals surface area contributed by atoms with E-state index in [0.29, 0.717) is 0 Å². The van der Waals surface area contributed by atoms with Crippen LogP contribution in [0.4, 0.5) is 0 Å². The van der Waals surface area contributed by atoms with E-state index >= 15 is 0 Å². The van der Waals surface area contributed by atoms with Gasteiger partial charge in [-0.3, -0.25) is 0 Å². The summed E-state index contributed by atoms with van der Waals surface area (Å²) in [6, 6.07) is 176. The summed E-state index contributed by atoms with van der Waals surface area (Å²) in [5.74, 6) is 0. The van der Waals surface area contributed by atoms with Gasteiger partial charge in [-0.2, -0.15) is 0 Å². The highest BCUT2D eigenvalue weighted by Crippen LogP contribution is 2.23. The maximum absolute atomic E-state index is 2.12. The zero-order chi connectivity index (χ0) is 86.9. The lowest BCUT2D eigenvalue weighted by atomic mass is 10.1. The first-order valence-corrected chi connectivity index (χ1v) is 42.7. The lowest BCUT2D eigenvalue weighted by molar-refractivity contribution is 1.48.